The molecule has 5 aromatic carbocycles. The molecule has 0 bridgehead atoms. The fourth-order valence-electron chi connectivity index (χ4n) is 5.96. The van der Waals surface area contributed by atoms with Gasteiger partial charge in [-0.25, -0.2) is 8.42 Å². The van der Waals surface area contributed by atoms with Gasteiger partial charge in [-0.05, 0) is 67.6 Å². The molecule has 0 amide bonds. The lowest BCUT2D eigenvalue weighted by molar-refractivity contribution is 0.603. The van der Waals surface area contributed by atoms with Gasteiger partial charge in [0.1, 0.15) is 0 Å². The summed E-state index contributed by atoms with van der Waals surface area (Å²) in [6.45, 7) is 1.88. The SMILES string of the molecule is C\C=C/C=C\C(=C\n1c2ccccc2c2c1ccc1c3ccccc3n(-c3ccccc3)c12)S(=O)(=O)c1ccc(C#N)cc1. The molecular weight excluding hydrogens is 563 g/mol. The van der Waals surface area contributed by atoms with Gasteiger partial charge < -0.3 is 9.13 Å². The number of fused-ring (bicyclic) bond motifs is 7. The molecule has 0 saturated carbocycles. The Labute approximate surface area is 255 Å². The maximum Gasteiger partial charge on any atom is 0.208 e. The zero-order valence-corrected chi connectivity index (χ0v) is 24.7. The first-order valence-corrected chi connectivity index (χ1v) is 15.8. The Kier molecular flexibility index (Phi) is 6.73. The summed E-state index contributed by atoms with van der Waals surface area (Å²) in [6.07, 6.45) is 8.71. The third-order valence-electron chi connectivity index (χ3n) is 7.95. The largest absolute Gasteiger partial charge is 0.315 e. The Morgan fingerprint density at radius 1 is 0.705 bits per heavy atom. The molecule has 5 nitrogen and oxygen atoms in total. The van der Waals surface area contributed by atoms with E-state index in [4.69, 9.17) is 0 Å². The molecule has 0 atom stereocenters. The van der Waals surface area contributed by atoms with E-state index in [-0.39, 0.29) is 9.80 Å². The average molecular weight is 590 g/mol. The van der Waals surface area contributed by atoms with Crippen molar-refractivity contribution in [3.63, 3.8) is 0 Å². The van der Waals surface area contributed by atoms with Crippen molar-refractivity contribution in [1.82, 2.24) is 9.13 Å². The zero-order valence-electron chi connectivity index (χ0n) is 23.9. The minimum absolute atomic E-state index is 0.125. The zero-order chi connectivity index (χ0) is 30.3. The number of nitrogens with zero attached hydrogens (tertiary/aromatic N) is 3. The van der Waals surface area contributed by atoms with Crippen LogP contribution in [-0.2, 0) is 9.84 Å². The maximum absolute atomic E-state index is 14.0. The van der Waals surface area contributed by atoms with Crippen molar-refractivity contribution in [2.24, 2.45) is 0 Å². The first-order chi connectivity index (χ1) is 21.5. The van der Waals surface area contributed by atoms with Gasteiger partial charge >= 0.3 is 0 Å². The van der Waals surface area contributed by atoms with Crippen LogP contribution < -0.4 is 0 Å². The molecule has 0 unspecified atom stereocenters. The molecule has 0 radical (unpaired) electrons. The molecule has 212 valence electrons. The lowest BCUT2D eigenvalue weighted by Gasteiger charge is -2.10. The fourth-order valence-corrected chi connectivity index (χ4v) is 7.23. The second-order valence-corrected chi connectivity index (χ2v) is 12.4. The molecule has 2 heterocycles. The standard InChI is InChI=1S/C38H27N3O2S/c1-2-3-5-14-30(44(42,43)29-21-19-27(25-39)20-22-29)26-40-34-17-10-9-16-33(34)37-36(40)24-23-32-31-15-8-11-18-35(31)41(38(32)37)28-12-6-4-7-13-28/h2-24,26H,1H3/b3-2-,14-5-,30-26-. The van der Waals surface area contributed by atoms with Crippen LogP contribution >= 0.6 is 0 Å². The lowest BCUT2D eigenvalue weighted by Crippen LogP contribution is -2.05. The quantitative estimate of drug-likeness (QED) is 0.182. The minimum atomic E-state index is -3.93. The van der Waals surface area contributed by atoms with Crippen LogP contribution in [0.15, 0.2) is 149 Å². The summed E-state index contributed by atoms with van der Waals surface area (Å²) in [5.41, 5.74) is 5.42. The summed E-state index contributed by atoms with van der Waals surface area (Å²) in [6, 6.07) is 39.1. The summed E-state index contributed by atoms with van der Waals surface area (Å²) in [7, 11) is -3.93. The second kappa shape index (κ2) is 10.9. The molecule has 0 aliphatic carbocycles. The van der Waals surface area contributed by atoms with Gasteiger partial charge in [-0.3, -0.25) is 0 Å². The summed E-state index contributed by atoms with van der Waals surface area (Å²) in [5.74, 6) is 0. The van der Waals surface area contributed by atoms with Crippen molar-refractivity contribution in [1.29, 1.82) is 5.26 Å². The van der Waals surface area contributed by atoms with Crippen molar-refractivity contribution in [3.8, 4) is 11.8 Å². The second-order valence-electron chi connectivity index (χ2n) is 10.5. The van der Waals surface area contributed by atoms with Crippen molar-refractivity contribution in [3.05, 3.63) is 150 Å². The molecule has 0 N–H and O–H groups in total. The minimum Gasteiger partial charge on any atom is -0.315 e. The molecule has 7 aromatic rings. The first kappa shape index (κ1) is 27.2. The van der Waals surface area contributed by atoms with Gasteiger partial charge in [-0.1, -0.05) is 78.9 Å². The lowest BCUT2D eigenvalue weighted by atomic mass is 10.1. The third-order valence-corrected chi connectivity index (χ3v) is 9.70. The number of rotatable bonds is 6. The number of nitriles is 1. The van der Waals surface area contributed by atoms with Crippen LogP contribution in [0.4, 0.5) is 0 Å². The Morgan fingerprint density at radius 2 is 1.39 bits per heavy atom. The molecule has 0 saturated heterocycles. The topological polar surface area (TPSA) is 67.8 Å². The first-order valence-electron chi connectivity index (χ1n) is 14.3. The average Bonchev–Trinajstić information content (AvgIpc) is 3.57. The number of hydrogen-bond acceptors (Lipinski definition) is 3. The molecule has 44 heavy (non-hydrogen) atoms. The highest BCUT2D eigenvalue weighted by atomic mass is 32.2. The Hall–Kier alpha value is -5.64. The van der Waals surface area contributed by atoms with Crippen LogP contribution in [0, 0.1) is 11.3 Å². The predicted molar refractivity (Wildman–Crippen MR) is 180 cm³/mol. The highest BCUT2D eigenvalue weighted by molar-refractivity contribution is 7.95. The van der Waals surface area contributed by atoms with E-state index in [0.29, 0.717) is 5.56 Å². The van der Waals surface area contributed by atoms with E-state index < -0.39 is 9.84 Å². The van der Waals surface area contributed by atoms with E-state index in [0.717, 1.165) is 49.3 Å². The van der Waals surface area contributed by atoms with Gasteiger partial charge in [-0.15, -0.1) is 0 Å². The summed E-state index contributed by atoms with van der Waals surface area (Å²) in [4.78, 5) is 0.256. The number of aromatic nitrogens is 2. The fraction of sp³-hybridized carbons (Fsp3) is 0.0263. The summed E-state index contributed by atoms with van der Waals surface area (Å²) >= 11 is 0. The summed E-state index contributed by atoms with van der Waals surface area (Å²) in [5, 5.41) is 13.6. The molecule has 6 heteroatoms. The normalized spacial score (nSPS) is 12.8. The predicted octanol–water partition coefficient (Wildman–Crippen LogP) is 9.17. The van der Waals surface area contributed by atoms with Crippen LogP contribution in [0.2, 0.25) is 0 Å². The smallest absolute Gasteiger partial charge is 0.208 e. The van der Waals surface area contributed by atoms with Crippen LogP contribution in [0.25, 0.3) is 55.5 Å². The van der Waals surface area contributed by atoms with Gasteiger partial charge in [0.15, 0.2) is 0 Å². The van der Waals surface area contributed by atoms with Crippen LogP contribution in [0.3, 0.4) is 0 Å². The molecule has 0 aliphatic heterocycles. The number of sulfone groups is 1. The highest BCUT2D eigenvalue weighted by Gasteiger charge is 2.23. The number of benzene rings is 5. The maximum atomic E-state index is 14.0. The van der Waals surface area contributed by atoms with Gasteiger partial charge in [0.25, 0.3) is 0 Å². The Morgan fingerprint density at radius 3 is 2.11 bits per heavy atom. The van der Waals surface area contributed by atoms with E-state index >= 15 is 0 Å². The van der Waals surface area contributed by atoms with E-state index in [2.05, 4.69) is 65.2 Å². The van der Waals surface area contributed by atoms with Crippen LogP contribution in [0.1, 0.15) is 12.5 Å². The third kappa shape index (κ3) is 4.34. The van der Waals surface area contributed by atoms with Crippen molar-refractivity contribution < 1.29 is 8.42 Å². The van der Waals surface area contributed by atoms with Crippen molar-refractivity contribution in [2.45, 2.75) is 11.8 Å². The van der Waals surface area contributed by atoms with Gasteiger partial charge in [0.05, 0.1) is 43.5 Å². The van der Waals surface area contributed by atoms with Crippen LogP contribution in [-0.4, -0.2) is 17.6 Å². The number of hydrogen-bond donors (Lipinski definition) is 0. The van der Waals surface area contributed by atoms with E-state index in [1.54, 1.807) is 24.4 Å². The molecule has 0 spiro atoms. The monoisotopic (exact) mass is 589 g/mol. The van der Waals surface area contributed by atoms with E-state index in [1.807, 2.05) is 54.0 Å². The number of para-hydroxylation sites is 3. The van der Waals surface area contributed by atoms with Gasteiger partial charge in [0.2, 0.25) is 9.84 Å². The molecule has 0 aliphatic rings. The molecule has 0 fully saturated rings. The molecule has 2 aromatic heterocycles. The van der Waals surface area contributed by atoms with Crippen molar-refractivity contribution >= 4 is 59.6 Å². The Balaban J connectivity index is 1.59. The molecular formula is C38H27N3O2S. The highest BCUT2D eigenvalue weighted by Crippen LogP contribution is 2.41. The van der Waals surface area contributed by atoms with E-state index in [1.165, 1.54) is 24.3 Å². The van der Waals surface area contributed by atoms with E-state index in [9.17, 15) is 13.7 Å². The van der Waals surface area contributed by atoms with Gasteiger partial charge in [-0.2, -0.15) is 5.26 Å². The van der Waals surface area contributed by atoms with Crippen LogP contribution in [0.5, 0.6) is 0 Å². The van der Waals surface area contributed by atoms with Crippen molar-refractivity contribution in [2.75, 3.05) is 0 Å². The molecule has 7 rings (SSSR count). The summed E-state index contributed by atoms with van der Waals surface area (Å²) < 4.78 is 32.4. The number of allylic oxidation sites excluding steroid dienone is 4. The van der Waals surface area contributed by atoms with Gasteiger partial charge in [0, 0.05) is 33.4 Å². The Bertz CT molecular complexity index is 2450.